The molecule has 7 heteroatoms. The molecular formula is C18H10NO6-. The lowest BCUT2D eigenvalue weighted by Gasteiger charge is -2.01. The van der Waals surface area contributed by atoms with Crippen molar-refractivity contribution >= 4 is 23.9 Å². The minimum Gasteiger partial charge on any atom is -0.545 e. The number of hydrogen-bond acceptors (Lipinski definition) is 7. The first-order chi connectivity index (χ1) is 12.1. The van der Waals surface area contributed by atoms with Crippen molar-refractivity contribution in [1.82, 2.24) is 0 Å². The number of esters is 1. The minimum absolute atomic E-state index is 0.0562. The first-order valence-corrected chi connectivity index (χ1v) is 7.34. The molecule has 0 bridgehead atoms. The fourth-order valence-corrected chi connectivity index (χ4v) is 2.44. The lowest BCUT2D eigenvalue weighted by Crippen LogP contribution is -2.21. The number of rotatable bonds is 3. The van der Waals surface area contributed by atoms with Gasteiger partial charge in [0.25, 0.3) is 0 Å². The SMILES string of the molecule is O=C1OC(c2ccc3c(c2)OCO3)=N/C1=C/c1ccc(C(=O)[O-])cc1. The van der Waals surface area contributed by atoms with Gasteiger partial charge in [-0.25, -0.2) is 9.79 Å². The van der Waals surface area contributed by atoms with Crippen LogP contribution in [0, 0.1) is 0 Å². The van der Waals surface area contributed by atoms with Gasteiger partial charge >= 0.3 is 5.97 Å². The molecule has 7 nitrogen and oxygen atoms in total. The van der Waals surface area contributed by atoms with E-state index in [0.717, 1.165) is 0 Å². The summed E-state index contributed by atoms with van der Waals surface area (Å²) in [5.74, 6) is -0.496. The van der Waals surface area contributed by atoms with Crippen molar-refractivity contribution in [3.63, 3.8) is 0 Å². The molecule has 0 saturated heterocycles. The van der Waals surface area contributed by atoms with E-state index in [2.05, 4.69) is 4.99 Å². The number of aromatic carboxylic acids is 1. The third-order valence-corrected chi connectivity index (χ3v) is 3.69. The molecule has 124 valence electrons. The van der Waals surface area contributed by atoms with Gasteiger partial charge in [-0.3, -0.25) is 0 Å². The molecule has 0 aromatic heterocycles. The Hall–Kier alpha value is -3.61. The van der Waals surface area contributed by atoms with Crippen molar-refractivity contribution in [2.45, 2.75) is 0 Å². The number of carboxylic acid groups (broad SMARTS) is 1. The van der Waals surface area contributed by atoms with Gasteiger partial charge in [-0.05, 0) is 35.4 Å². The molecular weight excluding hydrogens is 326 g/mol. The van der Waals surface area contributed by atoms with Crippen LogP contribution in [0.1, 0.15) is 21.5 Å². The van der Waals surface area contributed by atoms with Gasteiger partial charge in [0.05, 0.1) is 5.97 Å². The Kier molecular flexibility index (Phi) is 3.46. The van der Waals surface area contributed by atoms with Gasteiger partial charge in [0, 0.05) is 5.56 Å². The fourth-order valence-electron chi connectivity index (χ4n) is 2.44. The van der Waals surface area contributed by atoms with Gasteiger partial charge in [0.1, 0.15) is 0 Å². The van der Waals surface area contributed by atoms with E-state index in [4.69, 9.17) is 14.2 Å². The summed E-state index contributed by atoms with van der Waals surface area (Å²) in [6, 6.07) is 11.0. The van der Waals surface area contributed by atoms with E-state index in [-0.39, 0.29) is 24.0 Å². The molecule has 25 heavy (non-hydrogen) atoms. The molecule has 2 heterocycles. The zero-order valence-corrected chi connectivity index (χ0v) is 12.7. The Balaban J connectivity index is 1.62. The van der Waals surface area contributed by atoms with Crippen LogP contribution in [-0.4, -0.2) is 24.6 Å². The van der Waals surface area contributed by atoms with Crippen LogP contribution in [0.5, 0.6) is 11.5 Å². The van der Waals surface area contributed by atoms with Crippen LogP contribution in [0.2, 0.25) is 0 Å². The highest BCUT2D eigenvalue weighted by molar-refractivity contribution is 6.13. The van der Waals surface area contributed by atoms with E-state index >= 15 is 0 Å². The predicted octanol–water partition coefficient (Wildman–Crippen LogP) is 1.12. The van der Waals surface area contributed by atoms with E-state index < -0.39 is 11.9 Å². The third-order valence-electron chi connectivity index (χ3n) is 3.69. The fraction of sp³-hybridized carbons (Fsp3) is 0.0556. The Labute approximate surface area is 141 Å². The second kappa shape index (κ2) is 5.79. The number of aliphatic imine (C=N–C) groups is 1. The number of benzene rings is 2. The van der Waals surface area contributed by atoms with E-state index in [0.29, 0.717) is 22.6 Å². The van der Waals surface area contributed by atoms with Crippen LogP contribution in [0.3, 0.4) is 0 Å². The van der Waals surface area contributed by atoms with Crippen molar-refractivity contribution in [3.05, 3.63) is 64.9 Å². The number of nitrogens with zero attached hydrogens (tertiary/aromatic N) is 1. The van der Waals surface area contributed by atoms with E-state index in [1.807, 2.05) is 0 Å². The van der Waals surface area contributed by atoms with Crippen molar-refractivity contribution in [2.24, 2.45) is 4.99 Å². The minimum atomic E-state index is -1.26. The van der Waals surface area contributed by atoms with Gasteiger partial charge in [0.2, 0.25) is 12.7 Å². The van der Waals surface area contributed by atoms with Gasteiger partial charge in [-0.2, -0.15) is 0 Å². The van der Waals surface area contributed by atoms with Gasteiger partial charge in [-0.15, -0.1) is 0 Å². The third kappa shape index (κ3) is 2.83. The van der Waals surface area contributed by atoms with Crippen molar-refractivity contribution < 1.29 is 28.9 Å². The maximum absolute atomic E-state index is 12.0. The Morgan fingerprint density at radius 2 is 1.84 bits per heavy atom. The molecule has 2 aromatic carbocycles. The van der Waals surface area contributed by atoms with Crippen LogP contribution in [-0.2, 0) is 9.53 Å². The zero-order valence-electron chi connectivity index (χ0n) is 12.7. The lowest BCUT2D eigenvalue weighted by atomic mass is 10.1. The van der Waals surface area contributed by atoms with Crippen LogP contribution >= 0.6 is 0 Å². The maximum atomic E-state index is 12.0. The average molecular weight is 336 g/mol. The topological polar surface area (TPSA) is 97.2 Å². The normalized spacial score (nSPS) is 16.7. The number of hydrogen-bond donors (Lipinski definition) is 0. The molecule has 2 aliphatic heterocycles. The summed E-state index contributed by atoms with van der Waals surface area (Å²) in [4.78, 5) is 27.0. The Morgan fingerprint density at radius 3 is 2.60 bits per heavy atom. The molecule has 0 unspecified atom stereocenters. The molecule has 2 aliphatic rings. The van der Waals surface area contributed by atoms with E-state index in [1.165, 1.54) is 18.2 Å². The van der Waals surface area contributed by atoms with Gasteiger partial charge < -0.3 is 24.1 Å². The number of cyclic esters (lactones) is 1. The first-order valence-electron chi connectivity index (χ1n) is 7.34. The summed E-state index contributed by atoms with van der Waals surface area (Å²) < 4.78 is 15.7. The summed E-state index contributed by atoms with van der Waals surface area (Å²) in [7, 11) is 0. The Morgan fingerprint density at radius 1 is 1.08 bits per heavy atom. The monoisotopic (exact) mass is 336 g/mol. The number of carbonyl (C=O) groups excluding carboxylic acids is 2. The van der Waals surface area contributed by atoms with Crippen LogP contribution in [0.15, 0.2) is 53.2 Å². The quantitative estimate of drug-likeness (QED) is 0.615. The molecule has 0 radical (unpaired) electrons. The molecule has 0 N–H and O–H groups in total. The van der Waals surface area contributed by atoms with E-state index in [9.17, 15) is 14.7 Å². The lowest BCUT2D eigenvalue weighted by molar-refractivity contribution is -0.255. The molecule has 0 aliphatic carbocycles. The van der Waals surface area contributed by atoms with Crippen molar-refractivity contribution in [2.75, 3.05) is 6.79 Å². The molecule has 4 rings (SSSR count). The van der Waals surface area contributed by atoms with Crippen molar-refractivity contribution in [1.29, 1.82) is 0 Å². The highest BCUT2D eigenvalue weighted by atomic mass is 16.7. The van der Waals surface area contributed by atoms with Crippen LogP contribution in [0.4, 0.5) is 0 Å². The van der Waals surface area contributed by atoms with Crippen molar-refractivity contribution in [3.8, 4) is 11.5 Å². The number of carboxylic acids is 1. The smallest absolute Gasteiger partial charge is 0.363 e. The Bertz CT molecular complexity index is 943. The predicted molar refractivity (Wildman–Crippen MR) is 83.9 cm³/mol. The second-order valence-corrected chi connectivity index (χ2v) is 5.31. The number of fused-ring (bicyclic) bond motifs is 1. The average Bonchev–Trinajstić information content (AvgIpc) is 3.21. The summed E-state index contributed by atoms with van der Waals surface area (Å²) in [6.07, 6.45) is 1.52. The highest BCUT2D eigenvalue weighted by Crippen LogP contribution is 2.33. The molecule has 2 aromatic rings. The summed E-state index contributed by atoms with van der Waals surface area (Å²) >= 11 is 0. The molecule has 0 atom stereocenters. The van der Waals surface area contributed by atoms with Gasteiger partial charge in [-0.1, -0.05) is 24.3 Å². The first kappa shape index (κ1) is 14.9. The number of carbonyl (C=O) groups is 2. The summed E-state index contributed by atoms with van der Waals surface area (Å²) in [5, 5.41) is 10.7. The standard InChI is InChI=1S/C18H11NO6/c20-17(21)11-3-1-10(2-4-11)7-13-18(22)25-16(19-13)12-5-6-14-15(8-12)24-9-23-14/h1-8H,9H2,(H,20,21)/p-1/b13-7+. The molecule has 0 saturated carbocycles. The molecule has 0 fully saturated rings. The second-order valence-electron chi connectivity index (χ2n) is 5.31. The van der Waals surface area contributed by atoms with Crippen LogP contribution in [0.25, 0.3) is 6.08 Å². The molecule has 0 amide bonds. The largest absolute Gasteiger partial charge is 0.545 e. The van der Waals surface area contributed by atoms with E-state index in [1.54, 1.807) is 30.3 Å². The number of ether oxygens (including phenoxy) is 3. The maximum Gasteiger partial charge on any atom is 0.363 e. The highest BCUT2D eigenvalue weighted by Gasteiger charge is 2.25. The van der Waals surface area contributed by atoms with Crippen LogP contribution < -0.4 is 14.6 Å². The summed E-state index contributed by atoms with van der Waals surface area (Å²) in [5.41, 5.74) is 1.38. The van der Waals surface area contributed by atoms with Gasteiger partial charge in [0.15, 0.2) is 17.2 Å². The summed E-state index contributed by atoms with van der Waals surface area (Å²) in [6.45, 7) is 0.151. The zero-order chi connectivity index (χ0) is 17.4. The molecule has 0 spiro atoms.